The first-order valence-corrected chi connectivity index (χ1v) is 9.76. The van der Waals surface area contributed by atoms with Crippen molar-refractivity contribution in [3.63, 3.8) is 0 Å². The Bertz CT molecular complexity index is 808. The number of methoxy groups -OCH3 is 4. The summed E-state index contributed by atoms with van der Waals surface area (Å²) in [5.41, 5.74) is 0.215. The van der Waals surface area contributed by atoms with Crippen LogP contribution in [-0.2, 0) is 0 Å². The van der Waals surface area contributed by atoms with Gasteiger partial charge in [-0.2, -0.15) is 0 Å². The number of carbonyl (C=O) groups is 2. The lowest BCUT2D eigenvalue weighted by molar-refractivity contribution is 0.0914. The average Bonchev–Trinajstić information content (AvgIpc) is 2.79. The van der Waals surface area contributed by atoms with Crippen LogP contribution in [0, 0.1) is 5.41 Å². The van der Waals surface area contributed by atoms with E-state index in [9.17, 15) is 9.59 Å². The minimum absolute atomic E-state index is 0.316. The topological polar surface area (TPSA) is 95.1 Å². The molecule has 2 rings (SSSR count). The van der Waals surface area contributed by atoms with Crippen LogP contribution in [0.2, 0.25) is 0 Å². The van der Waals surface area contributed by atoms with Gasteiger partial charge in [-0.3, -0.25) is 9.59 Å². The van der Waals surface area contributed by atoms with Gasteiger partial charge in [0.25, 0.3) is 11.8 Å². The first-order chi connectivity index (χ1) is 14.8. The predicted octanol–water partition coefficient (Wildman–Crippen LogP) is 2.91. The summed E-state index contributed by atoms with van der Waals surface area (Å²) < 4.78 is 21.2. The molecule has 8 heteroatoms. The van der Waals surface area contributed by atoms with Gasteiger partial charge in [0.2, 0.25) is 0 Å². The number of hydrogen-bond donors (Lipinski definition) is 2. The normalized spacial score (nSPS) is 10.8. The van der Waals surface area contributed by atoms with Gasteiger partial charge in [-0.15, -0.1) is 0 Å². The van der Waals surface area contributed by atoms with Crippen molar-refractivity contribution in [3.8, 4) is 23.0 Å². The Morgan fingerprint density at radius 2 is 0.968 bits per heavy atom. The zero-order chi connectivity index (χ0) is 23.0. The van der Waals surface area contributed by atoms with Gasteiger partial charge in [0.1, 0.15) is 34.1 Å². The summed E-state index contributed by atoms with van der Waals surface area (Å²) in [5.74, 6) is 1.05. The molecule has 0 saturated carbocycles. The lowest BCUT2D eigenvalue weighted by Gasteiger charge is -2.26. The van der Waals surface area contributed by atoms with Gasteiger partial charge in [-0.05, 0) is 29.7 Å². The van der Waals surface area contributed by atoms with Gasteiger partial charge in [-0.25, -0.2) is 0 Å². The molecule has 2 N–H and O–H groups in total. The Kier molecular flexibility index (Phi) is 8.13. The lowest BCUT2D eigenvalue weighted by atomic mass is 9.93. The van der Waals surface area contributed by atoms with Crippen LogP contribution in [-0.4, -0.2) is 53.3 Å². The molecule has 0 saturated heterocycles. The molecule has 2 aromatic carbocycles. The molecule has 2 amide bonds. The summed E-state index contributed by atoms with van der Waals surface area (Å²) in [5, 5.41) is 5.80. The third-order valence-electron chi connectivity index (χ3n) is 4.76. The fourth-order valence-corrected chi connectivity index (χ4v) is 3.03. The summed E-state index contributed by atoms with van der Waals surface area (Å²) >= 11 is 0. The maximum atomic E-state index is 12.8. The maximum Gasteiger partial charge on any atom is 0.258 e. The van der Waals surface area contributed by atoms with E-state index in [-0.39, 0.29) is 11.8 Å². The molecule has 0 spiro atoms. The molecular formula is C23H30N2O6. The quantitative estimate of drug-likeness (QED) is 0.602. The van der Waals surface area contributed by atoms with Crippen LogP contribution >= 0.6 is 0 Å². The Morgan fingerprint density at radius 3 is 1.23 bits per heavy atom. The Balaban J connectivity index is 2.05. The van der Waals surface area contributed by atoms with Gasteiger partial charge < -0.3 is 29.6 Å². The van der Waals surface area contributed by atoms with Gasteiger partial charge in [-0.1, -0.05) is 26.0 Å². The van der Waals surface area contributed by atoms with Crippen molar-refractivity contribution in [2.45, 2.75) is 13.8 Å². The molecule has 0 aliphatic carbocycles. The molecule has 0 aliphatic heterocycles. The van der Waals surface area contributed by atoms with Gasteiger partial charge >= 0.3 is 0 Å². The second-order valence-electron chi connectivity index (χ2n) is 7.60. The van der Waals surface area contributed by atoms with E-state index in [1.165, 1.54) is 28.4 Å². The van der Waals surface area contributed by atoms with E-state index in [1.54, 1.807) is 36.4 Å². The molecule has 0 unspecified atom stereocenters. The van der Waals surface area contributed by atoms with Crippen molar-refractivity contribution >= 4 is 11.8 Å². The lowest BCUT2D eigenvalue weighted by Crippen LogP contribution is -2.42. The average molecular weight is 431 g/mol. The highest BCUT2D eigenvalue weighted by molar-refractivity contribution is 6.00. The third-order valence-corrected chi connectivity index (χ3v) is 4.76. The van der Waals surface area contributed by atoms with E-state index in [1.807, 2.05) is 13.8 Å². The van der Waals surface area contributed by atoms with E-state index in [0.29, 0.717) is 47.2 Å². The molecule has 168 valence electrons. The summed E-state index contributed by atoms with van der Waals surface area (Å²) in [7, 11) is 5.99. The summed E-state index contributed by atoms with van der Waals surface area (Å²) in [4.78, 5) is 25.6. The van der Waals surface area contributed by atoms with E-state index in [2.05, 4.69) is 10.6 Å². The highest BCUT2D eigenvalue weighted by atomic mass is 16.5. The van der Waals surface area contributed by atoms with Gasteiger partial charge in [0, 0.05) is 13.1 Å². The first-order valence-electron chi connectivity index (χ1n) is 9.76. The number of rotatable bonds is 10. The van der Waals surface area contributed by atoms with Crippen molar-refractivity contribution < 1.29 is 28.5 Å². The van der Waals surface area contributed by atoms with Crippen LogP contribution in [0.1, 0.15) is 34.6 Å². The highest BCUT2D eigenvalue weighted by Crippen LogP contribution is 2.29. The minimum Gasteiger partial charge on any atom is -0.496 e. The molecule has 0 atom stereocenters. The highest BCUT2D eigenvalue weighted by Gasteiger charge is 2.25. The maximum absolute atomic E-state index is 12.8. The minimum atomic E-state index is -0.435. The Labute approximate surface area is 182 Å². The fourth-order valence-electron chi connectivity index (χ4n) is 3.03. The Hall–Kier alpha value is -3.42. The van der Waals surface area contributed by atoms with Gasteiger partial charge in [0.15, 0.2) is 0 Å². The molecule has 0 aliphatic rings. The molecule has 0 radical (unpaired) electrons. The van der Waals surface area contributed by atoms with Crippen LogP contribution in [0.25, 0.3) is 0 Å². The SMILES string of the molecule is COc1cccc(OC)c1C(=O)NCC(C)(C)CNC(=O)c1c(OC)cccc1OC. The fraction of sp³-hybridized carbons (Fsp3) is 0.391. The van der Waals surface area contributed by atoms with E-state index in [0.717, 1.165) is 0 Å². The largest absolute Gasteiger partial charge is 0.496 e. The molecule has 0 heterocycles. The zero-order valence-corrected chi connectivity index (χ0v) is 18.8. The summed E-state index contributed by atoms with van der Waals surface area (Å²) in [6.45, 7) is 4.51. The summed E-state index contributed by atoms with van der Waals surface area (Å²) in [6, 6.07) is 10.3. The second kappa shape index (κ2) is 10.6. The van der Waals surface area contributed by atoms with Crippen LogP contribution in [0.5, 0.6) is 23.0 Å². The van der Waals surface area contributed by atoms with Crippen LogP contribution in [0.15, 0.2) is 36.4 Å². The van der Waals surface area contributed by atoms with Crippen LogP contribution in [0.4, 0.5) is 0 Å². The van der Waals surface area contributed by atoms with Crippen molar-refractivity contribution in [2.24, 2.45) is 5.41 Å². The van der Waals surface area contributed by atoms with Crippen molar-refractivity contribution in [2.75, 3.05) is 41.5 Å². The smallest absolute Gasteiger partial charge is 0.258 e. The van der Waals surface area contributed by atoms with Crippen molar-refractivity contribution in [3.05, 3.63) is 47.5 Å². The number of ether oxygens (including phenoxy) is 4. The zero-order valence-electron chi connectivity index (χ0n) is 18.8. The number of hydrogen-bond acceptors (Lipinski definition) is 6. The Morgan fingerprint density at radius 1 is 0.677 bits per heavy atom. The molecule has 0 aromatic heterocycles. The molecule has 8 nitrogen and oxygen atoms in total. The monoisotopic (exact) mass is 430 g/mol. The van der Waals surface area contributed by atoms with Gasteiger partial charge in [0.05, 0.1) is 28.4 Å². The van der Waals surface area contributed by atoms with E-state index >= 15 is 0 Å². The molecule has 0 bridgehead atoms. The molecule has 0 fully saturated rings. The standard InChI is InChI=1S/C23H30N2O6/c1-23(2,13-24-21(26)19-15(28-3)9-7-10-16(19)29-4)14-25-22(27)20-17(30-5)11-8-12-18(20)31-6/h7-12H,13-14H2,1-6H3,(H,24,26)(H,25,27). The molecule has 31 heavy (non-hydrogen) atoms. The first kappa shape index (κ1) is 23.9. The van der Waals surface area contributed by atoms with Crippen LogP contribution in [0.3, 0.4) is 0 Å². The number of nitrogens with one attached hydrogen (secondary N) is 2. The third kappa shape index (κ3) is 5.81. The molecular weight excluding hydrogens is 400 g/mol. The number of carbonyl (C=O) groups excluding carboxylic acids is 2. The molecule has 2 aromatic rings. The van der Waals surface area contributed by atoms with Crippen LogP contribution < -0.4 is 29.6 Å². The number of amides is 2. The second-order valence-corrected chi connectivity index (χ2v) is 7.60. The summed E-state index contributed by atoms with van der Waals surface area (Å²) in [6.07, 6.45) is 0. The van der Waals surface area contributed by atoms with Crippen molar-refractivity contribution in [1.29, 1.82) is 0 Å². The van der Waals surface area contributed by atoms with E-state index < -0.39 is 5.41 Å². The van der Waals surface area contributed by atoms with Crippen molar-refractivity contribution in [1.82, 2.24) is 10.6 Å². The van der Waals surface area contributed by atoms with E-state index in [4.69, 9.17) is 18.9 Å². The predicted molar refractivity (Wildman–Crippen MR) is 118 cm³/mol. The number of benzene rings is 2.